The lowest BCUT2D eigenvalue weighted by atomic mass is 10.2. The summed E-state index contributed by atoms with van der Waals surface area (Å²) in [6.45, 7) is 0.601. The summed E-state index contributed by atoms with van der Waals surface area (Å²) in [5.41, 5.74) is 2.41. The first kappa shape index (κ1) is 19.0. The minimum atomic E-state index is -0.331. The van der Waals surface area contributed by atoms with E-state index in [1.165, 1.54) is 40.3 Å². The second kappa shape index (κ2) is 8.36. The molecule has 0 fully saturated rings. The van der Waals surface area contributed by atoms with Crippen LogP contribution in [0.15, 0.2) is 76.9 Å². The number of hydrogen-bond acceptors (Lipinski definition) is 4. The molecular formula is C22H17F2N3OS. The molecule has 29 heavy (non-hydrogen) atoms. The number of aromatic nitrogens is 2. The van der Waals surface area contributed by atoms with Gasteiger partial charge in [0.25, 0.3) is 5.56 Å². The lowest BCUT2D eigenvalue weighted by Gasteiger charge is -2.12. The highest BCUT2D eigenvalue weighted by Crippen LogP contribution is 2.23. The molecule has 2 heterocycles. The van der Waals surface area contributed by atoms with Crippen LogP contribution in [-0.2, 0) is 13.1 Å². The molecule has 0 bridgehead atoms. The average Bonchev–Trinajstić information content (AvgIpc) is 3.26. The summed E-state index contributed by atoms with van der Waals surface area (Å²) in [5.74, 6) is -0.637. The third-order valence-electron chi connectivity index (χ3n) is 4.39. The lowest BCUT2D eigenvalue weighted by molar-refractivity contribution is 0.620. The van der Waals surface area contributed by atoms with Crippen LogP contribution in [0.2, 0.25) is 0 Å². The first-order valence-corrected chi connectivity index (χ1v) is 9.85. The van der Waals surface area contributed by atoms with Crippen molar-refractivity contribution < 1.29 is 8.78 Å². The van der Waals surface area contributed by atoms with Crippen LogP contribution in [0.3, 0.4) is 0 Å². The van der Waals surface area contributed by atoms with Crippen molar-refractivity contribution in [3.63, 3.8) is 0 Å². The van der Waals surface area contributed by atoms with Gasteiger partial charge in [-0.25, -0.2) is 13.5 Å². The number of rotatable bonds is 6. The van der Waals surface area contributed by atoms with Crippen LogP contribution in [-0.4, -0.2) is 9.78 Å². The Labute approximate surface area is 170 Å². The van der Waals surface area contributed by atoms with E-state index >= 15 is 0 Å². The number of nitrogens with zero attached hydrogens (tertiary/aromatic N) is 2. The normalized spacial score (nSPS) is 10.8. The smallest absolute Gasteiger partial charge is 0.290 e. The molecule has 4 nitrogen and oxygen atoms in total. The van der Waals surface area contributed by atoms with Crippen molar-refractivity contribution in [3.8, 4) is 10.6 Å². The molecule has 0 amide bonds. The van der Waals surface area contributed by atoms with Gasteiger partial charge in [0.15, 0.2) is 0 Å². The Morgan fingerprint density at radius 3 is 2.21 bits per heavy atom. The van der Waals surface area contributed by atoms with Crippen LogP contribution >= 0.6 is 11.3 Å². The molecule has 1 N–H and O–H groups in total. The number of anilines is 1. The van der Waals surface area contributed by atoms with E-state index in [0.717, 1.165) is 16.0 Å². The first-order valence-electron chi connectivity index (χ1n) is 8.97. The molecule has 0 aliphatic rings. The fourth-order valence-corrected chi connectivity index (χ4v) is 3.56. The van der Waals surface area contributed by atoms with E-state index in [9.17, 15) is 13.6 Å². The molecule has 0 aliphatic heterocycles. The monoisotopic (exact) mass is 409 g/mol. The largest absolute Gasteiger partial charge is 0.376 e. The molecule has 4 rings (SSSR count). The Kier molecular flexibility index (Phi) is 5.48. The lowest BCUT2D eigenvalue weighted by Crippen LogP contribution is -2.26. The Morgan fingerprint density at radius 2 is 1.59 bits per heavy atom. The van der Waals surface area contributed by atoms with Gasteiger partial charge in [-0.2, -0.15) is 5.10 Å². The standard InChI is InChI=1S/C22H17F2N3OS/c23-17-7-3-15(4-8-17)13-25-20-12-19(21-2-1-11-29-21)26-27(22(20)28)14-16-5-9-18(24)10-6-16/h1-12,25H,13-14H2. The molecule has 0 radical (unpaired) electrons. The van der Waals surface area contributed by atoms with E-state index in [-0.39, 0.29) is 23.7 Å². The van der Waals surface area contributed by atoms with E-state index in [1.807, 2.05) is 17.5 Å². The number of halogens is 2. The second-order valence-corrected chi connectivity index (χ2v) is 7.44. The summed E-state index contributed by atoms with van der Waals surface area (Å²) in [4.78, 5) is 13.9. The first-order chi connectivity index (χ1) is 14.1. The van der Waals surface area contributed by atoms with Gasteiger partial charge >= 0.3 is 0 Å². The third-order valence-corrected chi connectivity index (χ3v) is 5.28. The summed E-state index contributed by atoms with van der Waals surface area (Å²) in [6, 6.07) is 17.7. The Hall–Kier alpha value is -3.32. The van der Waals surface area contributed by atoms with Crippen LogP contribution in [0, 0.1) is 11.6 Å². The van der Waals surface area contributed by atoms with Crippen molar-refractivity contribution >= 4 is 17.0 Å². The Balaban J connectivity index is 1.67. The van der Waals surface area contributed by atoms with E-state index in [1.54, 1.807) is 30.3 Å². The fraction of sp³-hybridized carbons (Fsp3) is 0.0909. The minimum Gasteiger partial charge on any atom is -0.376 e. The van der Waals surface area contributed by atoms with Crippen LogP contribution in [0.25, 0.3) is 10.6 Å². The van der Waals surface area contributed by atoms with Crippen molar-refractivity contribution in [3.05, 3.63) is 105 Å². The predicted molar refractivity (Wildman–Crippen MR) is 111 cm³/mol. The molecule has 0 aliphatic carbocycles. The molecule has 0 atom stereocenters. The summed E-state index contributed by atoms with van der Waals surface area (Å²) in [7, 11) is 0. The Bertz CT molecular complexity index is 1150. The van der Waals surface area contributed by atoms with Gasteiger partial charge in [-0.15, -0.1) is 11.3 Å². The summed E-state index contributed by atoms with van der Waals surface area (Å²) in [5, 5.41) is 9.57. The molecular weight excluding hydrogens is 392 g/mol. The zero-order valence-corrected chi connectivity index (χ0v) is 16.1. The van der Waals surface area contributed by atoms with Crippen molar-refractivity contribution in [1.29, 1.82) is 0 Å². The summed E-state index contributed by atoms with van der Waals surface area (Å²) >= 11 is 1.53. The maximum atomic E-state index is 13.2. The number of thiophene rings is 1. The van der Waals surface area contributed by atoms with Gasteiger partial charge in [0.2, 0.25) is 0 Å². The van der Waals surface area contributed by atoms with Crippen molar-refractivity contribution in [1.82, 2.24) is 9.78 Å². The second-order valence-electron chi connectivity index (χ2n) is 6.49. The van der Waals surface area contributed by atoms with Gasteiger partial charge in [-0.05, 0) is 52.9 Å². The molecule has 7 heteroatoms. The molecule has 0 saturated heterocycles. The molecule has 146 valence electrons. The number of hydrogen-bond donors (Lipinski definition) is 1. The zero-order valence-electron chi connectivity index (χ0n) is 15.3. The fourth-order valence-electron chi connectivity index (χ4n) is 2.88. The van der Waals surface area contributed by atoms with Crippen LogP contribution in [0.5, 0.6) is 0 Å². The molecule has 2 aromatic carbocycles. The molecule has 4 aromatic rings. The number of nitrogens with one attached hydrogen (secondary N) is 1. The Morgan fingerprint density at radius 1 is 0.931 bits per heavy atom. The molecule has 0 unspecified atom stereocenters. The molecule has 2 aromatic heterocycles. The van der Waals surface area contributed by atoms with Crippen molar-refractivity contribution in [2.75, 3.05) is 5.32 Å². The van der Waals surface area contributed by atoms with Gasteiger partial charge in [0.1, 0.15) is 23.0 Å². The minimum absolute atomic E-state index is 0.226. The zero-order chi connectivity index (χ0) is 20.2. The maximum absolute atomic E-state index is 13.2. The van der Waals surface area contributed by atoms with E-state index < -0.39 is 0 Å². The van der Waals surface area contributed by atoms with E-state index in [0.29, 0.717) is 17.9 Å². The summed E-state index contributed by atoms with van der Waals surface area (Å²) < 4.78 is 27.7. The van der Waals surface area contributed by atoms with Gasteiger partial charge in [-0.3, -0.25) is 4.79 Å². The topological polar surface area (TPSA) is 46.9 Å². The van der Waals surface area contributed by atoms with Gasteiger partial charge in [-0.1, -0.05) is 30.3 Å². The highest BCUT2D eigenvalue weighted by atomic mass is 32.1. The third kappa shape index (κ3) is 4.57. The van der Waals surface area contributed by atoms with Crippen LogP contribution in [0.1, 0.15) is 11.1 Å². The quantitative estimate of drug-likeness (QED) is 0.492. The van der Waals surface area contributed by atoms with Gasteiger partial charge < -0.3 is 5.32 Å². The van der Waals surface area contributed by atoms with E-state index in [4.69, 9.17) is 0 Å². The van der Waals surface area contributed by atoms with Crippen LogP contribution in [0.4, 0.5) is 14.5 Å². The predicted octanol–water partition coefficient (Wildman–Crippen LogP) is 4.91. The van der Waals surface area contributed by atoms with Gasteiger partial charge in [0.05, 0.1) is 11.4 Å². The average molecular weight is 409 g/mol. The van der Waals surface area contributed by atoms with Crippen molar-refractivity contribution in [2.24, 2.45) is 0 Å². The van der Waals surface area contributed by atoms with Crippen LogP contribution < -0.4 is 10.9 Å². The van der Waals surface area contributed by atoms with Crippen molar-refractivity contribution in [2.45, 2.75) is 13.1 Å². The number of benzene rings is 2. The molecule has 0 saturated carbocycles. The SMILES string of the molecule is O=c1c(NCc2ccc(F)cc2)cc(-c2cccs2)nn1Cc1ccc(F)cc1. The van der Waals surface area contributed by atoms with E-state index in [2.05, 4.69) is 10.4 Å². The molecule has 0 spiro atoms. The highest BCUT2D eigenvalue weighted by Gasteiger charge is 2.11. The maximum Gasteiger partial charge on any atom is 0.290 e. The van der Waals surface area contributed by atoms with Gasteiger partial charge in [0, 0.05) is 6.54 Å². The highest BCUT2D eigenvalue weighted by molar-refractivity contribution is 7.13. The summed E-state index contributed by atoms with van der Waals surface area (Å²) in [6.07, 6.45) is 0.